The number of likely N-dealkylation sites (tertiary alicyclic amines) is 1. The summed E-state index contributed by atoms with van der Waals surface area (Å²) in [5.74, 6) is 0.457. The van der Waals surface area contributed by atoms with Crippen LogP contribution in [0, 0.1) is 5.92 Å². The van der Waals surface area contributed by atoms with Crippen LogP contribution in [-0.4, -0.2) is 54.9 Å². The minimum absolute atomic E-state index is 0.0310. The molecule has 1 saturated heterocycles. The Morgan fingerprint density at radius 3 is 2.56 bits per heavy atom. The molecule has 0 aromatic carbocycles. The SMILES string of the molecule is CC(CNC(=O)NC(C)CO)CN1CCCCC1. The Morgan fingerprint density at radius 2 is 1.94 bits per heavy atom. The molecule has 0 saturated carbocycles. The monoisotopic (exact) mass is 257 g/mol. The van der Waals surface area contributed by atoms with Gasteiger partial charge in [-0.25, -0.2) is 4.79 Å². The lowest BCUT2D eigenvalue weighted by atomic mass is 10.1. The molecule has 1 aliphatic heterocycles. The molecule has 3 N–H and O–H groups in total. The third kappa shape index (κ3) is 6.21. The molecule has 1 fully saturated rings. The van der Waals surface area contributed by atoms with Crippen molar-refractivity contribution in [1.82, 2.24) is 15.5 Å². The summed E-state index contributed by atoms with van der Waals surface area (Å²) in [6, 6.07) is -0.385. The first-order valence-corrected chi connectivity index (χ1v) is 6.99. The lowest BCUT2D eigenvalue weighted by molar-refractivity contribution is 0.195. The number of hydrogen-bond donors (Lipinski definition) is 3. The zero-order valence-corrected chi connectivity index (χ0v) is 11.6. The Kier molecular flexibility index (Phi) is 7.05. The average molecular weight is 257 g/mol. The standard InChI is InChI=1S/C13H27N3O2/c1-11(9-16-6-4-3-5-7-16)8-14-13(18)15-12(2)10-17/h11-12,17H,3-10H2,1-2H3,(H2,14,15,18). The van der Waals surface area contributed by atoms with E-state index in [1.165, 1.54) is 32.4 Å². The van der Waals surface area contributed by atoms with E-state index in [1.54, 1.807) is 6.92 Å². The van der Waals surface area contributed by atoms with Crippen molar-refractivity contribution in [3.8, 4) is 0 Å². The Balaban J connectivity index is 2.11. The largest absolute Gasteiger partial charge is 0.394 e. The van der Waals surface area contributed by atoms with E-state index in [9.17, 15) is 4.79 Å². The average Bonchev–Trinajstić information content (AvgIpc) is 2.37. The van der Waals surface area contributed by atoms with Crippen LogP contribution >= 0.6 is 0 Å². The second-order valence-corrected chi connectivity index (χ2v) is 5.40. The van der Waals surface area contributed by atoms with E-state index in [0.717, 1.165) is 6.54 Å². The summed E-state index contributed by atoms with van der Waals surface area (Å²) in [4.78, 5) is 13.9. The van der Waals surface area contributed by atoms with Crippen molar-refractivity contribution >= 4 is 6.03 Å². The number of aliphatic hydroxyl groups is 1. The van der Waals surface area contributed by atoms with Gasteiger partial charge in [0.15, 0.2) is 0 Å². The van der Waals surface area contributed by atoms with Crippen molar-refractivity contribution in [2.75, 3.05) is 32.8 Å². The van der Waals surface area contributed by atoms with Gasteiger partial charge < -0.3 is 20.6 Å². The van der Waals surface area contributed by atoms with Crippen LogP contribution in [0.5, 0.6) is 0 Å². The molecule has 0 radical (unpaired) electrons. The van der Waals surface area contributed by atoms with E-state index in [4.69, 9.17) is 5.11 Å². The van der Waals surface area contributed by atoms with Gasteiger partial charge in [-0.05, 0) is 38.8 Å². The number of carbonyl (C=O) groups is 1. The fourth-order valence-electron chi connectivity index (χ4n) is 2.23. The molecule has 0 aliphatic carbocycles. The van der Waals surface area contributed by atoms with E-state index in [2.05, 4.69) is 22.5 Å². The van der Waals surface area contributed by atoms with E-state index >= 15 is 0 Å². The zero-order chi connectivity index (χ0) is 13.4. The summed E-state index contributed by atoms with van der Waals surface area (Å²) in [7, 11) is 0. The second kappa shape index (κ2) is 8.32. The van der Waals surface area contributed by atoms with Crippen LogP contribution in [0.1, 0.15) is 33.1 Å². The molecule has 0 spiro atoms. The molecule has 18 heavy (non-hydrogen) atoms. The number of aliphatic hydroxyl groups excluding tert-OH is 1. The number of amides is 2. The molecule has 0 bridgehead atoms. The molecular weight excluding hydrogens is 230 g/mol. The normalized spacial score (nSPS) is 20.2. The maximum absolute atomic E-state index is 11.5. The van der Waals surface area contributed by atoms with E-state index in [-0.39, 0.29) is 18.7 Å². The fraction of sp³-hybridized carbons (Fsp3) is 0.923. The highest BCUT2D eigenvalue weighted by Gasteiger charge is 2.14. The van der Waals surface area contributed by atoms with Crippen molar-refractivity contribution < 1.29 is 9.90 Å². The minimum atomic E-state index is -0.193. The Labute approximate surface area is 110 Å². The second-order valence-electron chi connectivity index (χ2n) is 5.40. The first-order chi connectivity index (χ1) is 8.61. The summed E-state index contributed by atoms with van der Waals surface area (Å²) in [5, 5.41) is 14.4. The quantitative estimate of drug-likeness (QED) is 0.659. The van der Waals surface area contributed by atoms with Gasteiger partial charge in [-0.2, -0.15) is 0 Å². The summed E-state index contributed by atoms with van der Waals surface area (Å²) in [5.41, 5.74) is 0. The number of hydrogen-bond acceptors (Lipinski definition) is 3. The molecule has 0 aromatic rings. The molecule has 1 rings (SSSR count). The van der Waals surface area contributed by atoms with Crippen molar-refractivity contribution in [3.63, 3.8) is 0 Å². The topological polar surface area (TPSA) is 64.6 Å². The van der Waals surface area contributed by atoms with Crippen molar-refractivity contribution in [2.45, 2.75) is 39.2 Å². The fourth-order valence-corrected chi connectivity index (χ4v) is 2.23. The first kappa shape index (κ1) is 15.2. The van der Waals surface area contributed by atoms with Crippen LogP contribution in [0.15, 0.2) is 0 Å². The predicted molar refractivity (Wildman–Crippen MR) is 72.5 cm³/mol. The molecule has 5 heteroatoms. The number of rotatable bonds is 6. The van der Waals surface area contributed by atoms with Crippen molar-refractivity contribution in [3.05, 3.63) is 0 Å². The van der Waals surface area contributed by atoms with E-state index in [1.807, 2.05) is 0 Å². The summed E-state index contributed by atoms with van der Waals surface area (Å²) < 4.78 is 0. The lowest BCUT2D eigenvalue weighted by Gasteiger charge is -2.29. The van der Waals surface area contributed by atoms with Crippen molar-refractivity contribution in [1.29, 1.82) is 0 Å². The Bertz CT molecular complexity index is 242. The maximum Gasteiger partial charge on any atom is 0.315 e. The molecule has 2 unspecified atom stereocenters. The van der Waals surface area contributed by atoms with Crippen LogP contribution in [0.25, 0.3) is 0 Å². The number of urea groups is 1. The van der Waals surface area contributed by atoms with Gasteiger partial charge in [-0.3, -0.25) is 0 Å². The Morgan fingerprint density at radius 1 is 1.28 bits per heavy atom. The smallest absolute Gasteiger partial charge is 0.315 e. The number of carbonyl (C=O) groups excluding carboxylic acids is 1. The molecule has 2 atom stereocenters. The third-order valence-corrected chi connectivity index (χ3v) is 3.28. The highest BCUT2D eigenvalue weighted by molar-refractivity contribution is 5.74. The third-order valence-electron chi connectivity index (χ3n) is 3.28. The lowest BCUT2D eigenvalue weighted by Crippen LogP contribution is -2.45. The first-order valence-electron chi connectivity index (χ1n) is 6.99. The van der Waals surface area contributed by atoms with Crippen LogP contribution < -0.4 is 10.6 Å². The van der Waals surface area contributed by atoms with Gasteiger partial charge in [0, 0.05) is 13.1 Å². The van der Waals surface area contributed by atoms with Gasteiger partial charge >= 0.3 is 6.03 Å². The van der Waals surface area contributed by atoms with Crippen LogP contribution in [-0.2, 0) is 0 Å². The van der Waals surface area contributed by atoms with Crippen molar-refractivity contribution in [2.24, 2.45) is 5.92 Å². The van der Waals surface area contributed by atoms with Gasteiger partial charge in [0.25, 0.3) is 0 Å². The minimum Gasteiger partial charge on any atom is -0.394 e. The maximum atomic E-state index is 11.5. The number of nitrogens with one attached hydrogen (secondary N) is 2. The van der Waals surface area contributed by atoms with Crippen LogP contribution in [0.2, 0.25) is 0 Å². The van der Waals surface area contributed by atoms with Gasteiger partial charge in [-0.1, -0.05) is 13.3 Å². The van der Waals surface area contributed by atoms with Gasteiger partial charge in [0.1, 0.15) is 0 Å². The number of piperidine rings is 1. The molecular formula is C13H27N3O2. The molecule has 1 heterocycles. The van der Waals surface area contributed by atoms with E-state index in [0.29, 0.717) is 12.5 Å². The molecule has 106 valence electrons. The molecule has 0 aromatic heterocycles. The Hall–Kier alpha value is -0.810. The van der Waals surface area contributed by atoms with Crippen LogP contribution in [0.4, 0.5) is 4.79 Å². The summed E-state index contributed by atoms with van der Waals surface area (Å²) >= 11 is 0. The van der Waals surface area contributed by atoms with Gasteiger partial charge in [-0.15, -0.1) is 0 Å². The summed E-state index contributed by atoms with van der Waals surface area (Å²) in [6.45, 7) is 8.02. The molecule has 1 aliphatic rings. The van der Waals surface area contributed by atoms with Gasteiger partial charge in [0.2, 0.25) is 0 Å². The van der Waals surface area contributed by atoms with Gasteiger partial charge in [0.05, 0.1) is 12.6 Å². The number of nitrogens with zero attached hydrogens (tertiary/aromatic N) is 1. The zero-order valence-electron chi connectivity index (χ0n) is 11.6. The molecule has 2 amide bonds. The predicted octanol–water partition coefficient (Wildman–Crippen LogP) is 0.788. The highest BCUT2D eigenvalue weighted by atomic mass is 16.3. The van der Waals surface area contributed by atoms with Crippen LogP contribution in [0.3, 0.4) is 0 Å². The van der Waals surface area contributed by atoms with E-state index < -0.39 is 0 Å². The highest BCUT2D eigenvalue weighted by Crippen LogP contribution is 2.10. The molecule has 5 nitrogen and oxygen atoms in total. The summed E-state index contributed by atoms with van der Waals surface area (Å²) in [6.07, 6.45) is 3.95.